The van der Waals surface area contributed by atoms with E-state index in [1.54, 1.807) is 17.8 Å². The molecule has 2 amide bonds. The number of quaternary nitrogens is 1. The van der Waals surface area contributed by atoms with Crippen LogP contribution < -0.4 is 16.0 Å². The molecule has 3 rings (SSSR count). The molecule has 0 spiro atoms. The van der Waals surface area contributed by atoms with Gasteiger partial charge in [-0.25, -0.2) is 0 Å². The highest BCUT2D eigenvalue weighted by Gasteiger charge is 2.29. The second-order valence-corrected chi connectivity index (χ2v) is 8.02. The van der Waals surface area contributed by atoms with Crippen molar-refractivity contribution in [3.63, 3.8) is 0 Å². The van der Waals surface area contributed by atoms with Crippen LogP contribution in [0.2, 0.25) is 0 Å². The Morgan fingerprint density at radius 1 is 1.40 bits per heavy atom. The molecule has 25 heavy (non-hydrogen) atoms. The fourth-order valence-corrected chi connectivity index (χ4v) is 4.91. The first-order chi connectivity index (χ1) is 12.0. The van der Waals surface area contributed by atoms with E-state index in [0.29, 0.717) is 16.1 Å². The molecule has 0 aliphatic carbocycles. The normalized spacial score (nSPS) is 16.3. The number of nitrogens with two attached hydrogens (primary N) is 1. The van der Waals surface area contributed by atoms with E-state index < -0.39 is 5.91 Å². The third kappa shape index (κ3) is 3.73. The van der Waals surface area contributed by atoms with Crippen molar-refractivity contribution in [3.8, 4) is 0 Å². The van der Waals surface area contributed by atoms with Crippen molar-refractivity contribution in [3.05, 3.63) is 45.8 Å². The topological polar surface area (TPSA) is 76.6 Å². The fourth-order valence-electron chi connectivity index (χ4n) is 3.13. The quantitative estimate of drug-likeness (QED) is 0.696. The Kier molecular flexibility index (Phi) is 5.46. The Balaban J connectivity index is 1.90. The predicted molar refractivity (Wildman–Crippen MR) is 103 cm³/mol. The Bertz CT molecular complexity index is 817. The van der Waals surface area contributed by atoms with Crippen molar-refractivity contribution >= 4 is 39.9 Å². The average Bonchev–Trinajstić information content (AvgIpc) is 2.98. The Morgan fingerprint density at radius 3 is 2.88 bits per heavy atom. The van der Waals surface area contributed by atoms with Crippen LogP contribution in [0.4, 0.5) is 5.00 Å². The Hall–Kier alpha value is -1.83. The first-order valence-corrected chi connectivity index (χ1v) is 10.3. The van der Waals surface area contributed by atoms with Gasteiger partial charge in [-0.15, -0.1) is 23.1 Å². The van der Waals surface area contributed by atoms with Gasteiger partial charge in [0.2, 0.25) is 0 Å². The summed E-state index contributed by atoms with van der Waals surface area (Å²) in [6.07, 6.45) is 2.79. The van der Waals surface area contributed by atoms with Gasteiger partial charge in [0.1, 0.15) is 11.5 Å². The van der Waals surface area contributed by atoms with Gasteiger partial charge in [-0.2, -0.15) is 0 Å². The van der Waals surface area contributed by atoms with Crippen molar-refractivity contribution < 1.29 is 14.5 Å². The second-order valence-electron chi connectivity index (χ2n) is 6.04. The molecule has 1 aromatic heterocycles. The molecule has 132 valence electrons. The van der Waals surface area contributed by atoms with Crippen LogP contribution in [-0.2, 0) is 13.0 Å². The van der Waals surface area contributed by atoms with Crippen LogP contribution >= 0.6 is 23.1 Å². The minimum atomic E-state index is -0.467. The molecule has 1 aromatic carbocycles. The SMILES string of the molecule is CC[NH+]1CCc2c(sc(NC(=O)c3cccc(SC)c3)c2C(N)=O)C1. The number of nitrogens with one attached hydrogen (secondary N) is 2. The molecule has 1 unspecified atom stereocenters. The number of anilines is 1. The molecule has 2 heterocycles. The lowest BCUT2D eigenvalue weighted by atomic mass is 10.0. The Morgan fingerprint density at radius 2 is 2.20 bits per heavy atom. The maximum Gasteiger partial charge on any atom is 0.256 e. The molecule has 7 heteroatoms. The van der Waals surface area contributed by atoms with Crippen LogP contribution in [0.3, 0.4) is 0 Å². The number of hydrogen-bond donors (Lipinski definition) is 3. The van der Waals surface area contributed by atoms with Crippen molar-refractivity contribution in [2.24, 2.45) is 5.73 Å². The molecule has 0 radical (unpaired) electrons. The third-order valence-electron chi connectivity index (χ3n) is 4.54. The minimum absolute atomic E-state index is 0.211. The summed E-state index contributed by atoms with van der Waals surface area (Å²) in [5, 5.41) is 3.49. The number of thioether (sulfide) groups is 1. The lowest BCUT2D eigenvalue weighted by Gasteiger charge is -2.22. The second kappa shape index (κ2) is 7.59. The zero-order chi connectivity index (χ0) is 18.0. The summed E-state index contributed by atoms with van der Waals surface area (Å²) in [4.78, 5) is 28.3. The van der Waals surface area contributed by atoms with E-state index in [9.17, 15) is 9.59 Å². The summed E-state index contributed by atoms with van der Waals surface area (Å²) < 4.78 is 0. The van der Waals surface area contributed by atoms with Crippen LogP contribution in [0.5, 0.6) is 0 Å². The van der Waals surface area contributed by atoms with Crippen molar-refractivity contribution in [1.82, 2.24) is 0 Å². The summed E-state index contributed by atoms with van der Waals surface area (Å²) in [5.41, 5.74) is 7.70. The molecule has 0 saturated carbocycles. The summed E-state index contributed by atoms with van der Waals surface area (Å²) in [6, 6.07) is 7.44. The number of hydrogen-bond acceptors (Lipinski definition) is 4. The molecule has 1 aliphatic rings. The fraction of sp³-hybridized carbons (Fsp3) is 0.333. The lowest BCUT2D eigenvalue weighted by molar-refractivity contribution is -0.913. The van der Waals surface area contributed by atoms with Crippen molar-refractivity contribution in [1.29, 1.82) is 0 Å². The minimum Gasteiger partial charge on any atom is -0.365 e. The zero-order valence-electron chi connectivity index (χ0n) is 14.3. The average molecular weight is 377 g/mol. The standard InChI is InChI=1S/C18H21N3O2S2/c1-3-21-8-7-13-14(10-21)25-18(15(13)16(19)22)20-17(23)11-5-4-6-12(9-11)24-2/h4-6,9H,3,7-8,10H2,1-2H3,(H2,19,22)(H,20,23)/p+1. The van der Waals surface area contributed by atoms with Crippen LogP contribution in [0.1, 0.15) is 38.1 Å². The molecular weight excluding hydrogens is 354 g/mol. The van der Waals surface area contributed by atoms with Gasteiger partial charge in [0.25, 0.3) is 11.8 Å². The smallest absolute Gasteiger partial charge is 0.256 e. The van der Waals surface area contributed by atoms with E-state index in [1.807, 2.05) is 24.5 Å². The van der Waals surface area contributed by atoms with Gasteiger partial charge >= 0.3 is 0 Å². The largest absolute Gasteiger partial charge is 0.365 e. The number of primary amides is 1. The van der Waals surface area contributed by atoms with Crippen LogP contribution in [-0.4, -0.2) is 31.2 Å². The molecular formula is C18H22N3O2S2+. The number of fused-ring (bicyclic) bond motifs is 1. The predicted octanol–water partition coefficient (Wildman–Crippen LogP) is 1.78. The third-order valence-corrected chi connectivity index (χ3v) is 6.41. The van der Waals surface area contributed by atoms with E-state index in [0.717, 1.165) is 41.4 Å². The van der Waals surface area contributed by atoms with E-state index in [1.165, 1.54) is 16.2 Å². The van der Waals surface area contributed by atoms with Crippen LogP contribution in [0, 0.1) is 0 Å². The van der Waals surface area contributed by atoms with Gasteiger partial charge in [-0.05, 0) is 36.9 Å². The first-order valence-electron chi connectivity index (χ1n) is 8.26. The Labute approximate surface area is 155 Å². The van der Waals surface area contributed by atoms with Crippen molar-refractivity contribution in [2.45, 2.75) is 24.8 Å². The molecule has 1 aliphatic heterocycles. The van der Waals surface area contributed by atoms with Crippen LogP contribution in [0.25, 0.3) is 0 Å². The van der Waals surface area contributed by atoms with E-state index >= 15 is 0 Å². The van der Waals surface area contributed by atoms with Crippen molar-refractivity contribution in [2.75, 3.05) is 24.7 Å². The number of carbonyl (C=O) groups excluding carboxylic acids is 2. The molecule has 0 fully saturated rings. The highest BCUT2D eigenvalue weighted by atomic mass is 32.2. The molecule has 0 saturated heterocycles. The number of thiophene rings is 1. The van der Waals surface area contributed by atoms with E-state index in [-0.39, 0.29) is 5.91 Å². The number of rotatable bonds is 5. The molecule has 4 N–H and O–H groups in total. The van der Waals surface area contributed by atoms with Gasteiger partial charge in [-0.1, -0.05) is 6.07 Å². The molecule has 2 aromatic rings. The lowest BCUT2D eigenvalue weighted by Crippen LogP contribution is -3.11. The summed E-state index contributed by atoms with van der Waals surface area (Å²) in [7, 11) is 0. The van der Waals surface area contributed by atoms with Gasteiger partial charge in [0.05, 0.1) is 23.5 Å². The van der Waals surface area contributed by atoms with Gasteiger partial charge < -0.3 is 16.0 Å². The van der Waals surface area contributed by atoms with E-state index in [2.05, 4.69) is 12.2 Å². The molecule has 0 bridgehead atoms. The number of carbonyl (C=O) groups is 2. The summed E-state index contributed by atoms with van der Waals surface area (Å²) >= 11 is 3.07. The summed E-state index contributed by atoms with van der Waals surface area (Å²) in [6.45, 7) is 5.08. The maximum absolute atomic E-state index is 12.6. The van der Waals surface area contributed by atoms with Crippen LogP contribution in [0.15, 0.2) is 29.2 Å². The van der Waals surface area contributed by atoms with E-state index in [4.69, 9.17) is 5.73 Å². The van der Waals surface area contributed by atoms with Gasteiger partial charge in [-0.3, -0.25) is 9.59 Å². The number of amides is 2. The summed E-state index contributed by atoms with van der Waals surface area (Å²) in [5.74, 6) is -0.678. The van der Waals surface area contributed by atoms with Gasteiger partial charge in [0.15, 0.2) is 0 Å². The monoisotopic (exact) mass is 376 g/mol. The number of benzene rings is 1. The molecule has 5 nitrogen and oxygen atoms in total. The molecule has 1 atom stereocenters. The maximum atomic E-state index is 12.6. The first kappa shape index (κ1) is 18.0. The van der Waals surface area contributed by atoms with Gasteiger partial charge in [0, 0.05) is 16.9 Å². The highest BCUT2D eigenvalue weighted by molar-refractivity contribution is 7.98. The zero-order valence-corrected chi connectivity index (χ0v) is 16.0. The highest BCUT2D eigenvalue weighted by Crippen LogP contribution is 2.34. The number of likely N-dealkylation sites (N-methyl/N-ethyl adjacent to an activating group) is 1.